The number of aromatic nitrogens is 5. The first kappa shape index (κ1) is 15.9. The molecule has 0 aliphatic rings. The van der Waals surface area contributed by atoms with Crippen molar-refractivity contribution < 1.29 is 4.79 Å². The van der Waals surface area contributed by atoms with E-state index >= 15 is 0 Å². The molecule has 3 heterocycles. The summed E-state index contributed by atoms with van der Waals surface area (Å²) in [6.07, 6.45) is 4.80. The second-order valence-corrected chi connectivity index (χ2v) is 5.92. The molecule has 3 aromatic heterocycles. The molecule has 0 aliphatic heterocycles. The Bertz CT molecular complexity index is 1170. The summed E-state index contributed by atoms with van der Waals surface area (Å²) in [4.78, 5) is 33.2. The third-order valence-electron chi connectivity index (χ3n) is 4.22. The molecule has 4 rings (SSSR count). The van der Waals surface area contributed by atoms with E-state index in [1.165, 1.54) is 17.1 Å². The minimum atomic E-state index is -0.203. The third-order valence-corrected chi connectivity index (χ3v) is 4.22. The monoisotopic (exact) mass is 348 g/mol. The second-order valence-electron chi connectivity index (χ2n) is 5.92. The maximum absolute atomic E-state index is 12.4. The van der Waals surface area contributed by atoms with E-state index in [1.807, 2.05) is 30.3 Å². The summed E-state index contributed by atoms with van der Waals surface area (Å²) in [5, 5.41) is 8.23. The zero-order valence-corrected chi connectivity index (χ0v) is 14.1. The topological polar surface area (TPSA) is 94.7 Å². The van der Waals surface area contributed by atoms with Gasteiger partial charge in [0, 0.05) is 31.6 Å². The molecule has 1 amide bonds. The smallest absolute Gasteiger partial charge is 0.264 e. The lowest BCUT2D eigenvalue weighted by Crippen LogP contribution is -2.23. The first-order chi connectivity index (χ1) is 12.6. The van der Waals surface area contributed by atoms with Crippen LogP contribution in [0.4, 0.5) is 5.69 Å². The Kier molecular flexibility index (Phi) is 3.92. The molecule has 4 aromatic rings. The molecule has 0 radical (unpaired) electrons. The number of nitrogens with one attached hydrogen (secondary N) is 1. The molecule has 1 N–H and O–H groups in total. The molecule has 0 atom stereocenters. The van der Waals surface area contributed by atoms with Crippen molar-refractivity contribution in [3.63, 3.8) is 0 Å². The van der Waals surface area contributed by atoms with Gasteiger partial charge in [-0.1, -0.05) is 6.07 Å². The van der Waals surface area contributed by atoms with Crippen LogP contribution in [0, 0.1) is 0 Å². The average molecular weight is 348 g/mol. The molecule has 0 fully saturated rings. The highest BCUT2D eigenvalue weighted by Gasteiger charge is 2.10. The van der Waals surface area contributed by atoms with Crippen molar-refractivity contribution in [2.75, 3.05) is 5.32 Å². The fourth-order valence-corrected chi connectivity index (χ4v) is 2.87. The fourth-order valence-electron chi connectivity index (χ4n) is 2.87. The lowest BCUT2D eigenvalue weighted by atomic mass is 10.2. The molecule has 8 nitrogen and oxygen atoms in total. The lowest BCUT2D eigenvalue weighted by molar-refractivity contribution is -0.116. The molecule has 0 aliphatic carbocycles. The number of carbonyl (C=O) groups excluding carboxylic acids is 1. The summed E-state index contributed by atoms with van der Waals surface area (Å²) in [5.74, 6) is -0.181. The number of pyridine rings is 1. The van der Waals surface area contributed by atoms with Gasteiger partial charge in [-0.2, -0.15) is 5.10 Å². The van der Waals surface area contributed by atoms with Gasteiger partial charge in [0.2, 0.25) is 5.91 Å². The molecule has 0 saturated heterocycles. The number of nitrogens with zero attached hydrogens (tertiary/aromatic N) is 5. The predicted molar refractivity (Wildman–Crippen MR) is 97.8 cm³/mol. The summed E-state index contributed by atoms with van der Waals surface area (Å²) in [6, 6.07) is 9.29. The lowest BCUT2D eigenvalue weighted by Gasteiger charge is -2.09. The fraction of sp³-hybridized carbons (Fsp3) is 0.167. The number of aryl methyl sites for hydroxylation is 2. The van der Waals surface area contributed by atoms with Crippen LogP contribution in [0.25, 0.3) is 21.9 Å². The van der Waals surface area contributed by atoms with E-state index < -0.39 is 0 Å². The molecule has 8 heteroatoms. The Balaban J connectivity index is 1.51. The van der Waals surface area contributed by atoms with Crippen LogP contribution in [0.5, 0.6) is 0 Å². The van der Waals surface area contributed by atoms with Crippen LogP contribution in [0.1, 0.15) is 6.42 Å². The van der Waals surface area contributed by atoms with E-state index in [9.17, 15) is 9.59 Å². The van der Waals surface area contributed by atoms with Crippen LogP contribution in [-0.2, 0) is 18.4 Å². The van der Waals surface area contributed by atoms with Crippen molar-refractivity contribution in [2.45, 2.75) is 13.0 Å². The van der Waals surface area contributed by atoms with Gasteiger partial charge in [-0.05, 0) is 24.3 Å². The summed E-state index contributed by atoms with van der Waals surface area (Å²) in [7, 11) is 1.73. The Labute approximate surface area is 148 Å². The standard InChI is InChI=1S/C18H16N6O2/c1-23-17-13(10-21-23)18(26)24(11-20-17)9-7-16(25)22-15-6-2-5-14-12(15)4-3-8-19-14/h2-6,8,10-11H,7,9H2,1H3,(H,22,25). The summed E-state index contributed by atoms with van der Waals surface area (Å²) in [6.45, 7) is 0.242. The normalized spacial score (nSPS) is 11.1. The van der Waals surface area contributed by atoms with Gasteiger partial charge in [0.05, 0.1) is 23.7 Å². The third kappa shape index (κ3) is 2.81. The molecule has 130 valence electrons. The Morgan fingerprint density at radius 2 is 2.04 bits per heavy atom. The minimum Gasteiger partial charge on any atom is -0.325 e. The van der Waals surface area contributed by atoms with E-state index in [0.29, 0.717) is 16.7 Å². The average Bonchev–Trinajstić information content (AvgIpc) is 3.03. The van der Waals surface area contributed by atoms with E-state index in [4.69, 9.17) is 0 Å². The van der Waals surface area contributed by atoms with Crippen molar-refractivity contribution in [1.29, 1.82) is 0 Å². The van der Waals surface area contributed by atoms with Crippen molar-refractivity contribution in [1.82, 2.24) is 24.3 Å². The molecule has 1 aromatic carbocycles. The van der Waals surface area contributed by atoms with Crippen LogP contribution in [0.15, 0.2) is 53.8 Å². The first-order valence-electron chi connectivity index (χ1n) is 8.14. The largest absolute Gasteiger partial charge is 0.325 e. The summed E-state index contributed by atoms with van der Waals surface area (Å²) >= 11 is 0. The number of benzene rings is 1. The van der Waals surface area contributed by atoms with Gasteiger partial charge < -0.3 is 5.32 Å². The van der Waals surface area contributed by atoms with Crippen molar-refractivity contribution >= 4 is 33.5 Å². The maximum Gasteiger partial charge on any atom is 0.264 e. The minimum absolute atomic E-state index is 0.157. The molecule has 0 spiro atoms. The van der Waals surface area contributed by atoms with Crippen LogP contribution < -0.4 is 10.9 Å². The molecule has 0 saturated carbocycles. The highest BCUT2D eigenvalue weighted by atomic mass is 16.2. The molecular formula is C18H16N6O2. The number of hydrogen-bond donors (Lipinski definition) is 1. The van der Waals surface area contributed by atoms with Gasteiger partial charge in [-0.3, -0.25) is 23.8 Å². The van der Waals surface area contributed by atoms with Crippen molar-refractivity contribution in [2.24, 2.45) is 7.05 Å². The second kappa shape index (κ2) is 6.40. The van der Waals surface area contributed by atoms with E-state index in [2.05, 4.69) is 20.4 Å². The van der Waals surface area contributed by atoms with Gasteiger partial charge in [0.15, 0.2) is 5.65 Å². The van der Waals surface area contributed by atoms with E-state index in [-0.39, 0.29) is 24.4 Å². The number of amides is 1. The van der Waals surface area contributed by atoms with E-state index in [0.717, 1.165) is 10.9 Å². The van der Waals surface area contributed by atoms with Gasteiger partial charge in [-0.15, -0.1) is 0 Å². The van der Waals surface area contributed by atoms with Gasteiger partial charge in [-0.25, -0.2) is 4.98 Å². The first-order valence-corrected chi connectivity index (χ1v) is 8.14. The Morgan fingerprint density at radius 3 is 2.92 bits per heavy atom. The van der Waals surface area contributed by atoms with Crippen LogP contribution in [-0.4, -0.2) is 30.2 Å². The van der Waals surface area contributed by atoms with Crippen LogP contribution in [0.3, 0.4) is 0 Å². The Hall–Kier alpha value is -3.55. The number of carbonyl (C=O) groups is 1. The van der Waals surface area contributed by atoms with Gasteiger partial charge >= 0.3 is 0 Å². The molecule has 0 bridgehead atoms. The quantitative estimate of drug-likeness (QED) is 0.606. The molecular weight excluding hydrogens is 332 g/mol. The predicted octanol–water partition coefficient (Wildman–Crippen LogP) is 1.71. The SMILES string of the molecule is Cn1ncc2c(=O)n(CCC(=O)Nc3cccc4ncccc34)cnc21. The molecule has 26 heavy (non-hydrogen) atoms. The van der Waals surface area contributed by atoms with Crippen LogP contribution >= 0.6 is 0 Å². The number of fused-ring (bicyclic) bond motifs is 2. The highest BCUT2D eigenvalue weighted by molar-refractivity contribution is 6.00. The highest BCUT2D eigenvalue weighted by Crippen LogP contribution is 2.21. The van der Waals surface area contributed by atoms with Gasteiger partial charge in [0.25, 0.3) is 5.56 Å². The number of rotatable bonds is 4. The summed E-state index contributed by atoms with van der Waals surface area (Å²) in [5.41, 5.74) is 1.84. The number of hydrogen-bond acceptors (Lipinski definition) is 5. The number of anilines is 1. The van der Waals surface area contributed by atoms with Crippen LogP contribution in [0.2, 0.25) is 0 Å². The van der Waals surface area contributed by atoms with Crippen molar-refractivity contribution in [3.05, 3.63) is 59.4 Å². The van der Waals surface area contributed by atoms with Gasteiger partial charge in [0.1, 0.15) is 5.39 Å². The maximum atomic E-state index is 12.4. The zero-order valence-electron chi connectivity index (χ0n) is 14.1. The Morgan fingerprint density at radius 1 is 1.15 bits per heavy atom. The van der Waals surface area contributed by atoms with E-state index in [1.54, 1.807) is 17.9 Å². The molecule has 0 unspecified atom stereocenters. The summed E-state index contributed by atoms with van der Waals surface area (Å²) < 4.78 is 2.97. The zero-order chi connectivity index (χ0) is 18.1. The van der Waals surface area contributed by atoms with Crippen molar-refractivity contribution in [3.8, 4) is 0 Å².